The Bertz CT molecular complexity index is 1090. The van der Waals surface area contributed by atoms with Crippen molar-refractivity contribution in [1.82, 2.24) is 4.98 Å². The van der Waals surface area contributed by atoms with E-state index in [1.165, 1.54) is 30.5 Å². The van der Waals surface area contributed by atoms with Crippen molar-refractivity contribution in [2.75, 3.05) is 18.0 Å². The Kier molecular flexibility index (Phi) is 6.23. The van der Waals surface area contributed by atoms with Gasteiger partial charge in [0.25, 0.3) is 0 Å². The standard InChI is InChI=1S/C23H20F3N3O2/c24-17-3-1-15(2-4-17)14-30-18-7-9-29(10-8-18)22-16(12-27)13-28-21-6-5-19(11-20(21)22)31-23(25)26/h1-6,11,13,18,23H,7-10,14H2. The van der Waals surface area contributed by atoms with Crippen LogP contribution in [0.25, 0.3) is 10.9 Å². The third-order valence-corrected chi connectivity index (χ3v) is 5.31. The second-order valence-corrected chi connectivity index (χ2v) is 7.31. The zero-order valence-corrected chi connectivity index (χ0v) is 16.6. The van der Waals surface area contributed by atoms with Crippen molar-refractivity contribution in [1.29, 1.82) is 5.26 Å². The molecule has 160 valence electrons. The van der Waals surface area contributed by atoms with Gasteiger partial charge in [-0.25, -0.2) is 4.39 Å². The van der Waals surface area contributed by atoms with E-state index >= 15 is 0 Å². The van der Waals surface area contributed by atoms with Crippen molar-refractivity contribution in [3.05, 3.63) is 65.6 Å². The predicted molar refractivity (Wildman–Crippen MR) is 110 cm³/mol. The number of halogens is 3. The van der Waals surface area contributed by atoms with E-state index in [-0.39, 0.29) is 17.7 Å². The number of pyridine rings is 1. The molecule has 1 aliphatic heterocycles. The Hall–Kier alpha value is -3.31. The number of nitrogens with zero attached hydrogens (tertiary/aromatic N) is 3. The van der Waals surface area contributed by atoms with Crippen LogP contribution in [-0.4, -0.2) is 30.8 Å². The molecule has 1 saturated heterocycles. The molecule has 0 aliphatic carbocycles. The topological polar surface area (TPSA) is 58.4 Å². The lowest BCUT2D eigenvalue weighted by atomic mass is 10.0. The van der Waals surface area contributed by atoms with Crippen LogP contribution < -0.4 is 9.64 Å². The van der Waals surface area contributed by atoms with Crippen LogP contribution in [0, 0.1) is 17.1 Å². The van der Waals surface area contributed by atoms with E-state index in [0.717, 1.165) is 18.4 Å². The molecule has 31 heavy (non-hydrogen) atoms. The van der Waals surface area contributed by atoms with Gasteiger partial charge in [0.2, 0.25) is 0 Å². The molecule has 2 heterocycles. The van der Waals surface area contributed by atoms with Crippen LogP contribution in [0.15, 0.2) is 48.7 Å². The number of hydrogen-bond donors (Lipinski definition) is 0. The fourth-order valence-corrected chi connectivity index (χ4v) is 3.80. The van der Waals surface area contributed by atoms with E-state index in [2.05, 4.69) is 20.7 Å². The maximum atomic E-state index is 13.0. The van der Waals surface area contributed by atoms with Gasteiger partial charge in [-0.15, -0.1) is 0 Å². The molecule has 1 aromatic heterocycles. The molecule has 4 rings (SSSR count). The largest absolute Gasteiger partial charge is 0.435 e. The van der Waals surface area contributed by atoms with Gasteiger partial charge < -0.3 is 14.4 Å². The first-order valence-electron chi connectivity index (χ1n) is 9.92. The average Bonchev–Trinajstić information content (AvgIpc) is 2.78. The molecule has 0 bridgehead atoms. The quantitative estimate of drug-likeness (QED) is 0.552. The SMILES string of the molecule is N#Cc1cnc2ccc(OC(F)F)cc2c1N1CCC(OCc2ccc(F)cc2)CC1. The highest BCUT2D eigenvalue weighted by atomic mass is 19.3. The Labute approximate surface area is 177 Å². The van der Waals surface area contributed by atoms with E-state index in [9.17, 15) is 18.4 Å². The van der Waals surface area contributed by atoms with E-state index in [0.29, 0.717) is 41.9 Å². The van der Waals surface area contributed by atoms with Gasteiger partial charge in [0, 0.05) is 24.7 Å². The number of fused-ring (bicyclic) bond motifs is 1. The predicted octanol–water partition coefficient (Wildman–Crippen LogP) is 5.03. The first kappa shape index (κ1) is 20.9. The highest BCUT2D eigenvalue weighted by Gasteiger charge is 2.24. The summed E-state index contributed by atoms with van der Waals surface area (Å²) in [7, 11) is 0. The zero-order chi connectivity index (χ0) is 21.8. The molecule has 0 atom stereocenters. The van der Waals surface area contributed by atoms with Crippen LogP contribution in [0.2, 0.25) is 0 Å². The summed E-state index contributed by atoms with van der Waals surface area (Å²) in [6.07, 6.45) is 3.02. The molecule has 3 aromatic rings. The van der Waals surface area contributed by atoms with Crippen molar-refractivity contribution in [3.63, 3.8) is 0 Å². The molecule has 8 heteroatoms. The third-order valence-electron chi connectivity index (χ3n) is 5.31. The molecule has 0 unspecified atom stereocenters. The Morgan fingerprint density at radius 1 is 1.13 bits per heavy atom. The van der Waals surface area contributed by atoms with Crippen LogP contribution in [0.3, 0.4) is 0 Å². The van der Waals surface area contributed by atoms with E-state index in [1.54, 1.807) is 18.2 Å². The van der Waals surface area contributed by atoms with E-state index in [1.807, 2.05) is 0 Å². The summed E-state index contributed by atoms with van der Waals surface area (Å²) < 4.78 is 48.8. The average molecular weight is 427 g/mol. The van der Waals surface area contributed by atoms with Gasteiger partial charge in [-0.3, -0.25) is 4.98 Å². The fraction of sp³-hybridized carbons (Fsp3) is 0.304. The Morgan fingerprint density at radius 2 is 1.87 bits per heavy atom. The number of rotatable bonds is 6. The molecule has 1 aliphatic rings. The van der Waals surface area contributed by atoms with Crippen LogP contribution in [-0.2, 0) is 11.3 Å². The highest BCUT2D eigenvalue weighted by molar-refractivity contribution is 5.95. The normalized spacial score (nSPS) is 14.7. The van der Waals surface area contributed by atoms with Gasteiger partial charge in [-0.05, 0) is 48.7 Å². The smallest absolute Gasteiger partial charge is 0.387 e. The van der Waals surface area contributed by atoms with Crippen molar-refractivity contribution in [3.8, 4) is 11.8 Å². The third kappa shape index (κ3) is 4.89. The number of anilines is 1. The minimum atomic E-state index is -2.93. The second-order valence-electron chi connectivity index (χ2n) is 7.31. The van der Waals surface area contributed by atoms with Crippen molar-refractivity contribution >= 4 is 16.6 Å². The first-order valence-corrected chi connectivity index (χ1v) is 9.92. The summed E-state index contributed by atoms with van der Waals surface area (Å²) in [4.78, 5) is 6.33. The van der Waals surface area contributed by atoms with Crippen LogP contribution in [0.5, 0.6) is 5.75 Å². The Morgan fingerprint density at radius 3 is 2.55 bits per heavy atom. The minimum absolute atomic E-state index is 0.0261. The van der Waals surface area contributed by atoms with Gasteiger partial charge in [-0.1, -0.05) is 12.1 Å². The van der Waals surface area contributed by atoms with Crippen molar-refractivity contribution in [2.24, 2.45) is 0 Å². The van der Waals surface area contributed by atoms with Gasteiger partial charge in [0.1, 0.15) is 17.6 Å². The lowest BCUT2D eigenvalue weighted by molar-refractivity contribution is -0.0497. The van der Waals surface area contributed by atoms with Crippen LogP contribution >= 0.6 is 0 Å². The van der Waals surface area contributed by atoms with E-state index in [4.69, 9.17) is 4.74 Å². The van der Waals surface area contributed by atoms with Gasteiger partial charge in [0.15, 0.2) is 0 Å². The number of benzene rings is 2. The molecule has 0 N–H and O–H groups in total. The van der Waals surface area contributed by atoms with Gasteiger partial charge in [0.05, 0.1) is 29.5 Å². The Balaban J connectivity index is 1.49. The van der Waals surface area contributed by atoms with Crippen molar-refractivity contribution < 1.29 is 22.6 Å². The number of piperidine rings is 1. The molecule has 1 fully saturated rings. The molecule has 0 saturated carbocycles. The van der Waals surface area contributed by atoms with Crippen LogP contribution in [0.4, 0.5) is 18.9 Å². The maximum absolute atomic E-state index is 13.0. The molecule has 0 amide bonds. The number of hydrogen-bond acceptors (Lipinski definition) is 5. The number of ether oxygens (including phenoxy) is 2. The summed E-state index contributed by atoms with van der Waals surface area (Å²) in [5, 5.41) is 10.2. The second kappa shape index (κ2) is 9.23. The van der Waals surface area contributed by atoms with Crippen LogP contribution in [0.1, 0.15) is 24.0 Å². The molecular weight excluding hydrogens is 407 g/mol. The summed E-state index contributed by atoms with van der Waals surface area (Å²) in [5.74, 6) is -0.254. The van der Waals surface area contributed by atoms with Gasteiger partial charge >= 0.3 is 6.61 Å². The number of alkyl halides is 2. The molecule has 0 spiro atoms. The maximum Gasteiger partial charge on any atom is 0.387 e. The number of aromatic nitrogens is 1. The lowest BCUT2D eigenvalue weighted by Gasteiger charge is -2.34. The summed E-state index contributed by atoms with van der Waals surface area (Å²) in [6, 6.07) is 12.9. The number of nitriles is 1. The zero-order valence-electron chi connectivity index (χ0n) is 16.6. The molecule has 5 nitrogen and oxygen atoms in total. The first-order chi connectivity index (χ1) is 15.0. The summed E-state index contributed by atoms with van der Waals surface area (Å²) in [5.41, 5.74) is 2.56. The summed E-state index contributed by atoms with van der Waals surface area (Å²) in [6.45, 7) is -1.24. The highest BCUT2D eigenvalue weighted by Crippen LogP contribution is 2.34. The fourth-order valence-electron chi connectivity index (χ4n) is 3.80. The molecule has 2 aromatic carbocycles. The monoisotopic (exact) mass is 427 g/mol. The summed E-state index contributed by atoms with van der Waals surface area (Å²) >= 11 is 0. The van der Waals surface area contributed by atoms with E-state index < -0.39 is 6.61 Å². The lowest BCUT2D eigenvalue weighted by Crippen LogP contribution is -2.37. The molecular formula is C23H20F3N3O2. The van der Waals surface area contributed by atoms with Crippen molar-refractivity contribution in [2.45, 2.75) is 32.2 Å². The molecule has 0 radical (unpaired) electrons. The van der Waals surface area contributed by atoms with Gasteiger partial charge in [-0.2, -0.15) is 14.0 Å². The minimum Gasteiger partial charge on any atom is -0.435 e.